The quantitative estimate of drug-likeness (QED) is 0.570. The maximum absolute atomic E-state index is 3.44. The lowest BCUT2D eigenvalue weighted by atomic mass is 9.84. The average Bonchev–Trinajstić information content (AvgIpc) is 2.15. The fourth-order valence-corrected chi connectivity index (χ4v) is 2.26. The van der Waals surface area contributed by atoms with Gasteiger partial charge in [0.15, 0.2) is 0 Å². The SMILES string of the molecule is CC1CCC/[C]=C\CC(C(C)C)CC1. The second-order valence-electron chi connectivity index (χ2n) is 5.22. The Morgan fingerprint density at radius 2 is 2.00 bits per heavy atom. The smallest absolute Gasteiger partial charge is 0.0279 e. The molecule has 0 aromatic carbocycles. The first-order valence-corrected chi connectivity index (χ1v) is 6.25. The van der Waals surface area contributed by atoms with Crippen molar-refractivity contribution in [3.05, 3.63) is 12.2 Å². The van der Waals surface area contributed by atoms with Crippen LogP contribution >= 0.6 is 0 Å². The summed E-state index contributed by atoms with van der Waals surface area (Å²) in [6.45, 7) is 7.12. The molecule has 81 valence electrons. The van der Waals surface area contributed by atoms with Crippen molar-refractivity contribution in [1.29, 1.82) is 0 Å². The van der Waals surface area contributed by atoms with Crippen LogP contribution < -0.4 is 0 Å². The first kappa shape index (κ1) is 11.8. The van der Waals surface area contributed by atoms with Crippen molar-refractivity contribution < 1.29 is 0 Å². The standard InChI is InChI=1S/C14H25/c1-12(2)14-9-7-5-4-6-8-13(3)10-11-14/h7,12-14H,4,6,8-11H2,1-3H3. The minimum absolute atomic E-state index is 0.833. The summed E-state index contributed by atoms with van der Waals surface area (Å²) in [7, 11) is 0. The fraction of sp³-hybridized carbons (Fsp3) is 0.857. The lowest BCUT2D eigenvalue weighted by molar-refractivity contribution is 0.317. The van der Waals surface area contributed by atoms with E-state index < -0.39 is 0 Å². The fourth-order valence-electron chi connectivity index (χ4n) is 2.26. The van der Waals surface area contributed by atoms with Gasteiger partial charge in [-0.05, 0) is 49.5 Å². The summed E-state index contributed by atoms with van der Waals surface area (Å²) in [4.78, 5) is 0. The molecule has 0 amide bonds. The van der Waals surface area contributed by atoms with Crippen LogP contribution in [0, 0.1) is 23.8 Å². The maximum Gasteiger partial charge on any atom is -0.0279 e. The van der Waals surface area contributed by atoms with E-state index in [1.165, 1.54) is 38.5 Å². The first-order valence-electron chi connectivity index (χ1n) is 6.25. The van der Waals surface area contributed by atoms with E-state index in [9.17, 15) is 0 Å². The monoisotopic (exact) mass is 193 g/mol. The molecular weight excluding hydrogens is 168 g/mol. The van der Waals surface area contributed by atoms with Crippen molar-refractivity contribution in [2.75, 3.05) is 0 Å². The lowest BCUT2D eigenvalue weighted by Crippen LogP contribution is -2.10. The third-order valence-corrected chi connectivity index (χ3v) is 3.56. The van der Waals surface area contributed by atoms with E-state index in [0.29, 0.717) is 0 Å². The van der Waals surface area contributed by atoms with Crippen LogP contribution in [-0.2, 0) is 0 Å². The molecule has 2 atom stereocenters. The third kappa shape index (κ3) is 4.30. The van der Waals surface area contributed by atoms with Gasteiger partial charge < -0.3 is 0 Å². The van der Waals surface area contributed by atoms with Crippen molar-refractivity contribution in [2.45, 2.75) is 59.3 Å². The minimum atomic E-state index is 0.833. The summed E-state index contributed by atoms with van der Waals surface area (Å²) in [6.07, 6.45) is 13.7. The highest BCUT2D eigenvalue weighted by atomic mass is 14.2. The van der Waals surface area contributed by atoms with Crippen LogP contribution in [0.15, 0.2) is 6.08 Å². The highest BCUT2D eigenvalue weighted by molar-refractivity contribution is 4.81. The van der Waals surface area contributed by atoms with Crippen LogP contribution in [-0.4, -0.2) is 0 Å². The lowest BCUT2D eigenvalue weighted by Gasteiger charge is -2.22. The molecule has 1 radical (unpaired) electrons. The molecule has 0 bridgehead atoms. The van der Waals surface area contributed by atoms with Crippen molar-refractivity contribution >= 4 is 0 Å². The molecule has 0 spiro atoms. The van der Waals surface area contributed by atoms with Gasteiger partial charge in [-0.1, -0.05) is 39.7 Å². The predicted octanol–water partition coefficient (Wildman–Crippen LogP) is 4.61. The molecule has 1 aliphatic carbocycles. The summed E-state index contributed by atoms with van der Waals surface area (Å²) in [5.74, 6) is 2.65. The van der Waals surface area contributed by atoms with Crippen LogP contribution in [0.5, 0.6) is 0 Å². The Kier molecular flexibility index (Phi) is 5.29. The molecule has 0 heteroatoms. The molecule has 0 aromatic heterocycles. The van der Waals surface area contributed by atoms with E-state index >= 15 is 0 Å². The Balaban J connectivity index is 2.46. The summed E-state index contributed by atoms with van der Waals surface area (Å²) in [5.41, 5.74) is 0. The van der Waals surface area contributed by atoms with Crippen LogP contribution in [0.2, 0.25) is 0 Å². The van der Waals surface area contributed by atoms with E-state index in [1.54, 1.807) is 0 Å². The minimum Gasteiger partial charge on any atom is -0.0808 e. The van der Waals surface area contributed by atoms with Gasteiger partial charge in [-0.2, -0.15) is 0 Å². The topological polar surface area (TPSA) is 0 Å². The second-order valence-corrected chi connectivity index (χ2v) is 5.22. The molecule has 1 aliphatic rings. The first-order chi connectivity index (χ1) is 6.70. The van der Waals surface area contributed by atoms with E-state index in [2.05, 4.69) is 32.9 Å². The predicted molar refractivity (Wildman–Crippen MR) is 63.0 cm³/mol. The van der Waals surface area contributed by atoms with Gasteiger partial charge in [0.05, 0.1) is 0 Å². The van der Waals surface area contributed by atoms with E-state index in [-0.39, 0.29) is 0 Å². The molecule has 0 saturated carbocycles. The van der Waals surface area contributed by atoms with Crippen LogP contribution in [0.4, 0.5) is 0 Å². The molecule has 0 nitrogen and oxygen atoms in total. The van der Waals surface area contributed by atoms with Crippen molar-refractivity contribution in [2.24, 2.45) is 17.8 Å². The summed E-state index contributed by atoms with van der Waals surface area (Å²) >= 11 is 0. The largest absolute Gasteiger partial charge is 0.0808 e. The van der Waals surface area contributed by atoms with Gasteiger partial charge in [0.25, 0.3) is 0 Å². The van der Waals surface area contributed by atoms with Gasteiger partial charge in [0.1, 0.15) is 0 Å². The van der Waals surface area contributed by atoms with Gasteiger partial charge in [0, 0.05) is 0 Å². The third-order valence-electron chi connectivity index (χ3n) is 3.56. The zero-order valence-corrected chi connectivity index (χ0v) is 10.1. The van der Waals surface area contributed by atoms with E-state index in [4.69, 9.17) is 0 Å². The molecule has 0 N–H and O–H groups in total. The molecule has 0 aliphatic heterocycles. The summed E-state index contributed by atoms with van der Waals surface area (Å²) < 4.78 is 0. The summed E-state index contributed by atoms with van der Waals surface area (Å²) in [5, 5.41) is 0. The van der Waals surface area contributed by atoms with E-state index in [0.717, 1.165) is 17.8 Å². The number of allylic oxidation sites excluding steroid dienone is 2. The van der Waals surface area contributed by atoms with Crippen molar-refractivity contribution in [3.63, 3.8) is 0 Å². The number of hydrogen-bond donors (Lipinski definition) is 0. The Labute approximate surface area is 89.8 Å². The normalized spacial score (nSPS) is 32.9. The highest BCUT2D eigenvalue weighted by Gasteiger charge is 2.14. The van der Waals surface area contributed by atoms with Gasteiger partial charge in [-0.15, -0.1) is 0 Å². The van der Waals surface area contributed by atoms with Gasteiger partial charge >= 0.3 is 0 Å². The molecule has 0 aromatic rings. The van der Waals surface area contributed by atoms with Crippen molar-refractivity contribution in [1.82, 2.24) is 0 Å². The average molecular weight is 193 g/mol. The zero-order chi connectivity index (χ0) is 10.4. The van der Waals surface area contributed by atoms with Gasteiger partial charge in [0.2, 0.25) is 0 Å². The molecule has 0 saturated heterocycles. The molecule has 0 heterocycles. The highest BCUT2D eigenvalue weighted by Crippen LogP contribution is 2.26. The Bertz CT molecular complexity index is 167. The Hall–Kier alpha value is -0.260. The molecule has 0 fully saturated rings. The maximum atomic E-state index is 3.44. The van der Waals surface area contributed by atoms with Crippen LogP contribution in [0.25, 0.3) is 0 Å². The van der Waals surface area contributed by atoms with Gasteiger partial charge in [-0.25, -0.2) is 0 Å². The molecule has 1 rings (SSSR count). The van der Waals surface area contributed by atoms with Crippen LogP contribution in [0.1, 0.15) is 59.3 Å². The van der Waals surface area contributed by atoms with Crippen molar-refractivity contribution in [3.8, 4) is 0 Å². The Morgan fingerprint density at radius 3 is 2.71 bits per heavy atom. The van der Waals surface area contributed by atoms with E-state index in [1.807, 2.05) is 0 Å². The number of hydrogen-bond acceptors (Lipinski definition) is 0. The Morgan fingerprint density at radius 1 is 1.21 bits per heavy atom. The molecule has 2 unspecified atom stereocenters. The van der Waals surface area contributed by atoms with Crippen LogP contribution in [0.3, 0.4) is 0 Å². The molecule has 14 heavy (non-hydrogen) atoms. The number of rotatable bonds is 1. The zero-order valence-electron chi connectivity index (χ0n) is 10.1. The summed E-state index contributed by atoms with van der Waals surface area (Å²) in [6, 6.07) is 0. The second kappa shape index (κ2) is 6.27. The molecular formula is C14H25. The van der Waals surface area contributed by atoms with Gasteiger partial charge in [-0.3, -0.25) is 0 Å².